The van der Waals surface area contributed by atoms with Gasteiger partial charge in [-0.3, -0.25) is 4.79 Å². The summed E-state index contributed by atoms with van der Waals surface area (Å²) in [6, 6.07) is 1.77. The number of alkyl halides is 1. The smallest absolute Gasteiger partial charge is 0.253 e. The number of methoxy groups -OCH3 is 1. The lowest BCUT2D eigenvalue weighted by molar-refractivity contribution is 0.0949. The van der Waals surface area contributed by atoms with Crippen LogP contribution in [0.1, 0.15) is 10.4 Å². The van der Waals surface area contributed by atoms with Gasteiger partial charge in [0.1, 0.15) is 0 Å². The van der Waals surface area contributed by atoms with Gasteiger partial charge in [0.05, 0.1) is 25.1 Å². The van der Waals surface area contributed by atoms with Gasteiger partial charge in [0.15, 0.2) is 0 Å². The molecular formula is C9H10Br2ClNO2S. The van der Waals surface area contributed by atoms with Gasteiger partial charge in [-0.15, -0.1) is 22.9 Å². The summed E-state index contributed by atoms with van der Waals surface area (Å²) < 4.78 is 6.58. The Bertz CT molecular complexity index is 372. The van der Waals surface area contributed by atoms with Crippen molar-refractivity contribution < 1.29 is 9.53 Å². The van der Waals surface area contributed by atoms with Crippen molar-refractivity contribution in [2.24, 2.45) is 0 Å². The first-order valence-corrected chi connectivity index (χ1v) is 7.24. The molecule has 90 valence electrons. The highest BCUT2D eigenvalue weighted by Crippen LogP contribution is 2.31. The van der Waals surface area contributed by atoms with Crippen molar-refractivity contribution in [1.29, 1.82) is 0 Å². The summed E-state index contributed by atoms with van der Waals surface area (Å²) in [5, 5.41) is 2.53. The summed E-state index contributed by atoms with van der Waals surface area (Å²) in [6.07, 6.45) is 0. The first kappa shape index (κ1) is 14.4. The average molecular weight is 392 g/mol. The number of amides is 1. The van der Waals surface area contributed by atoms with Crippen LogP contribution in [0.4, 0.5) is 0 Å². The van der Waals surface area contributed by atoms with Gasteiger partial charge in [0.25, 0.3) is 5.91 Å². The maximum absolute atomic E-state index is 11.7. The zero-order valence-electron chi connectivity index (χ0n) is 8.43. The van der Waals surface area contributed by atoms with Gasteiger partial charge in [-0.25, -0.2) is 0 Å². The standard InChI is InChI=1S/C9H10Br2ClNO2S/c1-15-4-5(12)3-13-9(14)6-2-7(10)16-8(6)11/h2,5H,3-4H2,1H3,(H,13,14). The highest BCUT2D eigenvalue weighted by Gasteiger charge is 2.14. The molecule has 1 unspecified atom stereocenters. The third kappa shape index (κ3) is 4.33. The number of hydrogen-bond donors (Lipinski definition) is 1. The second kappa shape index (κ2) is 6.96. The van der Waals surface area contributed by atoms with Crippen molar-refractivity contribution in [3.63, 3.8) is 0 Å². The second-order valence-electron chi connectivity index (χ2n) is 3.00. The van der Waals surface area contributed by atoms with Crippen LogP contribution in [0.3, 0.4) is 0 Å². The zero-order valence-corrected chi connectivity index (χ0v) is 13.2. The predicted octanol–water partition coefficient (Wildman–Crippen LogP) is 3.26. The van der Waals surface area contributed by atoms with Crippen LogP contribution in [0.25, 0.3) is 0 Å². The van der Waals surface area contributed by atoms with Gasteiger partial charge in [-0.05, 0) is 37.9 Å². The van der Waals surface area contributed by atoms with Crippen LogP contribution in [-0.2, 0) is 4.74 Å². The Morgan fingerprint density at radius 1 is 1.69 bits per heavy atom. The van der Waals surface area contributed by atoms with E-state index in [0.29, 0.717) is 18.7 Å². The molecule has 0 radical (unpaired) electrons. The van der Waals surface area contributed by atoms with Crippen molar-refractivity contribution in [1.82, 2.24) is 5.32 Å². The molecule has 1 aromatic heterocycles. The summed E-state index contributed by atoms with van der Waals surface area (Å²) in [7, 11) is 1.57. The van der Waals surface area contributed by atoms with Crippen LogP contribution in [0.2, 0.25) is 0 Å². The summed E-state index contributed by atoms with van der Waals surface area (Å²) in [5.74, 6) is -0.143. The van der Waals surface area contributed by atoms with E-state index in [9.17, 15) is 4.79 Å². The molecule has 1 rings (SSSR count). The van der Waals surface area contributed by atoms with Gasteiger partial charge in [0.2, 0.25) is 0 Å². The highest BCUT2D eigenvalue weighted by molar-refractivity contribution is 9.12. The summed E-state index contributed by atoms with van der Waals surface area (Å²) in [6.45, 7) is 0.796. The van der Waals surface area contributed by atoms with Crippen LogP contribution in [0, 0.1) is 0 Å². The fourth-order valence-corrected chi connectivity index (χ4v) is 4.03. The largest absolute Gasteiger partial charge is 0.383 e. The molecule has 0 spiro atoms. The molecule has 1 aromatic rings. The number of rotatable bonds is 5. The molecule has 3 nitrogen and oxygen atoms in total. The van der Waals surface area contributed by atoms with E-state index in [-0.39, 0.29) is 11.3 Å². The topological polar surface area (TPSA) is 38.3 Å². The molecule has 7 heteroatoms. The minimum absolute atomic E-state index is 0.143. The number of halogens is 3. The zero-order chi connectivity index (χ0) is 12.1. The first-order valence-electron chi connectivity index (χ1n) is 4.40. The Balaban J connectivity index is 2.50. The van der Waals surface area contributed by atoms with E-state index in [0.717, 1.165) is 7.57 Å². The van der Waals surface area contributed by atoms with E-state index in [2.05, 4.69) is 37.2 Å². The van der Waals surface area contributed by atoms with Crippen molar-refractivity contribution in [2.45, 2.75) is 5.38 Å². The third-order valence-corrected chi connectivity index (χ3v) is 4.35. The Hall–Kier alpha value is 0.380. The average Bonchev–Trinajstić information content (AvgIpc) is 2.55. The van der Waals surface area contributed by atoms with E-state index in [4.69, 9.17) is 16.3 Å². The third-order valence-electron chi connectivity index (χ3n) is 1.73. The van der Waals surface area contributed by atoms with E-state index in [1.807, 2.05) is 0 Å². The van der Waals surface area contributed by atoms with Crippen molar-refractivity contribution in [3.8, 4) is 0 Å². The Labute approximate surface area is 120 Å². The van der Waals surface area contributed by atoms with Crippen LogP contribution < -0.4 is 5.32 Å². The molecule has 1 heterocycles. The fraction of sp³-hybridized carbons (Fsp3) is 0.444. The minimum atomic E-state index is -0.213. The number of hydrogen-bond acceptors (Lipinski definition) is 3. The SMILES string of the molecule is COCC(Cl)CNC(=O)c1cc(Br)sc1Br. The monoisotopic (exact) mass is 389 g/mol. The summed E-state index contributed by atoms with van der Waals surface area (Å²) in [5.41, 5.74) is 0.609. The van der Waals surface area contributed by atoms with Crippen LogP contribution in [-0.4, -0.2) is 31.5 Å². The van der Waals surface area contributed by atoms with Gasteiger partial charge >= 0.3 is 0 Å². The van der Waals surface area contributed by atoms with E-state index in [1.165, 1.54) is 11.3 Å². The van der Waals surface area contributed by atoms with Gasteiger partial charge in [0, 0.05) is 13.7 Å². The lowest BCUT2D eigenvalue weighted by Crippen LogP contribution is -2.31. The maximum Gasteiger partial charge on any atom is 0.253 e. The predicted molar refractivity (Wildman–Crippen MR) is 73.6 cm³/mol. The summed E-state index contributed by atoms with van der Waals surface area (Å²) in [4.78, 5) is 11.7. The molecule has 1 atom stereocenters. The minimum Gasteiger partial charge on any atom is -0.383 e. The van der Waals surface area contributed by atoms with E-state index >= 15 is 0 Å². The van der Waals surface area contributed by atoms with Crippen LogP contribution in [0.5, 0.6) is 0 Å². The van der Waals surface area contributed by atoms with E-state index in [1.54, 1.807) is 13.2 Å². The Morgan fingerprint density at radius 3 is 2.88 bits per heavy atom. The van der Waals surface area contributed by atoms with Crippen molar-refractivity contribution >= 4 is 60.7 Å². The molecule has 0 aliphatic carbocycles. The lowest BCUT2D eigenvalue weighted by Gasteiger charge is -2.09. The molecule has 0 aliphatic rings. The molecule has 0 aromatic carbocycles. The van der Waals surface area contributed by atoms with Crippen molar-refractivity contribution in [2.75, 3.05) is 20.3 Å². The number of thiophene rings is 1. The molecular weight excluding hydrogens is 381 g/mol. The Morgan fingerprint density at radius 2 is 2.38 bits per heavy atom. The maximum atomic E-state index is 11.7. The van der Waals surface area contributed by atoms with Gasteiger partial charge in [-0.1, -0.05) is 0 Å². The second-order valence-corrected chi connectivity index (χ2v) is 7.37. The van der Waals surface area contributed by atoms with Crippen molar-refractivity contribution in [3.05, 3.63) is 19.2 Å². The molecule has 0 bridgehead atoms. The lowest BCUT2D eigenvalue weighted by atomic mass is 10.3. The molecule has 0 saturated heterocycles. The molecule has 0 fully saturated rings. The fourth-order valence-electron chi connectivity index (χ4n) is 1.03. The van der Waals surface area contributed by atoms with Crippen LogP contribution in [0.15, 0.2) is 13.6 Å². The number of carbonyl (C=O) groups excluding carboxylic acids is 1. The van der Waals surface area contributed by atoms with Crippen LogP contribution >= 0.6 is 54.8 Å². The quantitative estimate of drug-likeness (QED) is 0.783. The molecule has 0 saturated carbocycles. The molecule has 1 N–H and O–H groups in total. The van der Waals surface area contributed by atoms with Gasteiger partial charge in [-0.2, -0.15) is 0 Å². The number of carbonyl (C=O) groups is 1. The Kier molecular flexibility index (Phi) is 6.28. The molecule has 1 amide bonds. The number of ether oxygens (including phenoxy) is 1. The highest BCUT2D eigenvalue weighted by atomic mass is 79.9. The summed E-state index contributed by atoms with van der Waals surface area (Å²) >= 11 is 14.0. The first-order chi connectivity index (χ1) is 7.54. The normalized spacial score (nSPS) is 12.5. The molecule has 0 aliphatic heterocycles. The number of nitrogens with one attached hydrogen (secondary N) is 1. The van der Waals surface area contributed by atoms with Gasteiger partial charge < -0.3 is 10.1 Å². The molecule has 16 heavy (non-hydrogen) atoms. The van der Waals surface area contributed by atoms with E-state index < -0.39 is 0 Å².